The van der Waals surface area contributed by atoms with Crippen molar-refractivity contribution >= 4 is 10.9 Å². The minimum atomic E-state index is -0.655. The van der Waals surface area contributed by atoms with Crippen LogP contribution in [0.3, 0.4) is 0 Å². The van der Waals surface area contributed by atoms with E-state index in [2.05, 4.69) is 24.3 Å². The van der Waals surface area contributed by atoms with Gasteiger partial charge in [-0.25, -0.2) is 9.92 Å². The van der Waals surface area contributed by atoms with Crippen molar-refractivity contribution in [3.63, 3.8) is 0 Å². The summed E-state index contributed by atoms with van der Waals surface area (Å²) in [5.41, 5.74) is 2.34. The normalized spacial score (nSPS) is 12.6. The van der Waals surface area contributed by atoms with E-state index in [9.17, 15) is 0 Å². The lowest BCUT2D eigenvalue weighted by Gasteiger charge is -2.13. The zero-order valence-corrected chi connectivity index (χ0v) is 9.73. The quantitative estimate of drug-likeness (QED) is 0.819. The van der Waals surface area contributed by atoms with Crippen LogP contribution in [0.4, 0.5) is 0 Å². The third-order valence-electron chi connectivity index (χ3n) is 2.48. The van der Waals surface area contributed by atoms with Crippen LogP contribution in [-0.4, -0.2) is 0 Å². The van der Waals surface area contributed by atoms with Crippen LogP contribution < -0.4 is 9.92 Å². The average Bonchev–Trinajstić information content (AvgIpc) is 2.31. The summed E-state index contributed by atoms with van der Waals surface area (Å²) in [6.45, 7) is 0. The topological polar surface area (TPSA) is 51.6 Å². The van der Waals surface area contributed by atoms with Crippen molar-refractivity contribution < 1.29 is 4.78 Å². The lowest BCUT2D eigenvalue weighted by Crippen LogP contribution is -2.42. The second kappa shape index (κ2) is 5.05. The average molecular weight is 231 g/mol. The van der Waals surface area contributed by atoms with E-state index < -0.39 is 10.9 Å². The fourth-order valence-electron chi connectivity index (χ4n) is 1.76. The third kappa shape index (κ3) is 2.38. The molecule has 3 heteroatoms. The Labute approximate surface area is 98.1 Å². The van der Waals surface area contributed by atoms with Crippen molar-refractivity contribution in [3.05, 3.63) is 71.8 Å². The second-order valence-corrected chi connectivity index (χ2v) is 4.90. The Balaban J connectivity index is 2.44. The predicted octanol–water partition coefficient (Wildman–Crippen LogP) is 1.21. The van der Waals surface area contributed by atoms with Gasteiger partial charge in [-0.1, -0.05) is 60.7 Å². The molecule has 0 radical (unpaired) electrons. The molecule has 0 bridgehead atoms. The Morgan fingerprint density at radius 2 is 1.19 bits per heavy atom. The largest absolute Gasteiger partial charge is 0.233 e. The molecule has 82 valence electrons. The molecule has 0 aliphatic heterocycles. The Bertz CT molecular complexity index is 428. The van der Waals surface area contributed by atoms with Gasteiger partial charge in [-0.3, -0.25) is 0 Å². The minimum absolute atomic E-state index is 0.0856. The molecule has 2 rings (SSSR count). The van der Waals surface area contributed by atoms with Gasteiger partial charge in [-0.2, -0.15) is 0 Å². The molecule has 0 amide bonds. The lowest BCUT2D eigenvalue weighted by atomic mass is 10.0. The highest BCUT2D eigenvalue weighted by molar-refractivity contribution is 7.82. The Morgan fingerprint density at radius 1 is 0.812 bits per heavy atom. The fourth-order valence-corrected chi connectivity index (χ4v) is 2.71. The Morgan fingerprint density at radius 3 is 1.50 bits per heavy atom. The van der Waals surface area contributed by atoms with Gasteiger partial charge in [-0.15, -0.1) is 0 Å². The van der Waals surface area contributed by atoms with E-state index in [4.69, 9.17) is 9.92 Å². The molecule has 0 saturated carbocycles. The summed E-state index contributed by atoms with van der Waals surface area (Å²) in [4.78, 5) is 0. The van der Waals surface area contributed by atoms with Crippen molar-refractivity contribution in [1.29, 1.82) is 0 Å². The molecule has 2 aromatic rings. The molecule has 1 unspecified atom stereocenters. The summed E-state index contributed by atoms with van der Waals surface area (Å²) < 4.78 is 5.91. The number of hydrogen-bond donors (Lipinski definition) is 2. The molecule has 2 aromatic carbocycles. The first-order valence-corrected chi connectivity index (χ1v) is 6.52. The molecule has 2 nitrogen and oxygen atoms in total. The highest BCUT2D eigenvalue weighted by Crippen LogP contribution is 2.25. The number of nitrogens with two attached hydrogens (primary N) is 2. The molecule has 0 fully saturated rings. The maximum Gasteiger partial charge on any atom is 0.120 e. The summed E-state index contributed by atoms with van der Waals surface area (Å²) in [6, 6.07) is 20.3. The molecule has 0 saturated heterocycles. The first-order chi connectivity index (χ1) is 7.79. The highest BCUT2D eigenvalue weighted by Gasteiger charge is 2.18. The van der Waals surface area contributed by atoms with Crippen LogP contribution in [0, 0.1) is 0 Å². The van der Waals surface area contributed by atoms with Crippen molar-refractivity contribution in [3.8, 4) is 0 Å². The molecule has 4 N–H and O–H groups in total. The monoisotopic (exact) mass is 231 g/mol. The maximum absolute atomic E-state index is 5.91. The second-order valence-electron chi connectivity index (χ2n) is 3.61. The minimum Gasteiger partial charge on any atom is -0.233 e. The third-order valence-corrected chi connectivity index (χ3v) is 3.57. The summed E-state index contributed by atoms with van der Waals surface area (Å²) in [7, 11) is -0.655. The van der Waals surface area contributed by atoms with Gasteiger partial charge < -0.3 is 0 Å². The van der Waals surface area contributed by atoms with E-state index in [0.29, 0.717) is 0 Å². The Hall–Kier alpha value is -1.45. The number of rotatable bonds is 3. The molecule has 0 spiro atoms. The highest BCUT2D eigenvalue weighted by atomic mass is 32.2. The van der Waals surface area contributed by atoms with Gasteiger partial charge in [0.15, 0.2) is 0 Å². The predicted molar refractivity (Wildman–Crippen MR) is 68.2 cm³/mol. The van der Waals surface area contributed by atoms with Crippen LogP contribution in [0.15, 0.2) is 60.7 Å². The van der Waals surface area contributed by atoms with Crippen LogP contribution in [0.1, 0.15) is 16.4 Å². The summed E-state index contributed by atoms with van der Waals surface area (Å²) >= 11 is 0. The van der Waals surface area contributed by atoms with Crippen LogP contribution in [0.2, 0.25) is 0 Å². The standard InChI is InChI=1S/C13H14N2S/c14-16(15)13(11-7-3-1-4-8-11)12-9-5-2-6-10-12/h1-10,13H,(H3,14,15)/p+1. The molecular formula is C13H15N2S+. The fraction of sp³-hybridized carbons (Fsp3) is 0.0769. The first kappa shape index (κ1) is 11.0. The molecule has 0 aromatic heterocycles. The lowest BCUT2D eigenvalue weighted by molar-refractivity contribution is -0.0765. The molecule has 0 heterocycles. The summed E-state index contributed by atoms with van der Waals surface area (Å²) in [6.07, 6.45) is 0. The van der Waals surface area contributed by atoms with Gasteiger partial charge in [0.05, 0.1) is 0 Å². The van der Waals surface area contributed by atoms with Crippen LogP contribution >= 0.6 is 0 Å². The maximum atomic E-state index is 5.91. The van der Waals surface area contributed by atoms with Crippen molar-refractivity contribution in [2.75, 3.05) is 0 Å². The summed E-state index contributed by atoms with van der Waals surface area (Å²) in [5.74, 6) is 0. The van der Waals surface area contributed by atoms with E-state index in [1.165, 1.54) is 11.1 Å². The van der Waals surface area contributed by atoms with Crippen molar-refractivity contribution in [1.82, 2.24) is 0 Å². The zero-order chi connectivity index (χ0) is 11.4. The molecule has 1 atom stereocenters. The number of benzene rings is 2. The molecule has 16 heavy (non-hydrogen) atoms. The smallest absolute Gasteiger partial charge is 0.120 e. The van der Waals surface area contributed by atoms with E-state index in [1.807, 2.05) is 36.4 Å². The summed E-state index contributed by atoms with van der Waals surface area (Å²) in [5, 5.41) is 5.99. The number of hydrogen-bond acceptors (Lipinski definition) is 0. The van der Waals surface area contributed by atoms with Crippen molar-refractivity contribution in [2.45, 2.75) is 5.25 Å². The molecule has 0 aliphatic rings. The van der Waals surface area contributed by atoms with E-state index in [-0.39, 0.29) is 5.25 Å². The Kier molecular flexibility index (Phi) is 3.49. The van der Waals surface area contributed by atoms with E-state index in [1.54, 1.807) is 0 Å². The SMILES string of the molecule is NS(=[NH2+])C(c1ccccc1)c1ccccc1. The van der Waals surface area contributed by atoms with Gasteiger partial charge in [-0.05, 0) is 11.1 Å². The molecular weight excluding hydrogens is 216 g/mol. The van der Waals surface area contributed by atoms with Crippen LogP contribution in [-0.2, 0) is 10.9 Å². The first-order valence-electron chi connectivity index (χ1n) is 5.11. The van der Waals surface area contributed by atoms with Gasteiger partial charge in [0.2, 0.25) is 0 Å². The van der Waals surface area contributed by atoms with Gasteiger partial charge >= 0.3 is 0 Å². The van der Waals surface area contributed by atoms with Gasteiger partial charge in [0, 0.05) is 0 Å². The van der Waals surface area contributed by atoms with E-state index >= 15 is 0 Å². The van der Waals surface area contributed by atoms with Gasteiger partial charge in [0.25, 0.3) is 0 Å². The molecule has 0 aliphatic carbocycles. The van der Waals surface area contributed by atoms with Crippen molar-refractivity contribution in [2.24, 2.45) is 5.14 Å². The van der Waals surface area contributed by atoms with E-state index in [0.717, 1.165) is 0 Å². The van der Waals surface area contributed by atoms with Crippen LogP contribution in [0.5, 0.6) is 0 Å². The van der Waals surface area contributed by atoms with Crippen LogP contribution in [0.25, 0.3) is 0 Å². The zero-order valence-electron chi connectivity index (χ0n) is 8.91. The van der Waals surface area contributed by atoms with Gasteiger partial charge in [0.1, 0.15) is 16.1 Å².